The van der Waals surface area contributed by atoms with E-state index in [4.69, 9.17) is 16.3 Å². The molecule has 0 bridgehead atoms. The number of aromatic nitrogens is 3. The van der Waals surface area contributed by atoms with Crippen LogP contribution in [0.4, 0.5) is 0 Å². The molecule has 0 N–H and O–H groups in total. The quantitative estimate of drug-likeness (QED) is 0.526. The number of rotatable bonds is 3. The van der Waals surface area contributed by atoms with Crippen LogP contribution in [0.5, 0.6) is 5.75 Å². The summed E-state index contributed by atoms with van der Waals surface area (Å²) in [5.41, 5.74) is 1.52. The second kappa shape index (κ2) is 5.83. The van der Waals surface area contributed by atoms with Crippen molar-refractivity contribution in [2.24, 2.45) is 0 Å². The Bertz CT molecular complexity index is 819. The summed E-state index contributed by atoms with van der Waals surface area (Å²) >= 11 is 9.14. The van der Waals surface area contributed by atoms with Crippen LogP contribution in [-0.2, 0) is 11.3 Å². The van der Waals surface area contributed by atoms with Crippen LogP contribution in [0, 0.1) is 0 Å². The van der Waals surface area contributed by atoms with Gasteiger partial charge >= 0.3 is 5.97 Å². The number of esters is 1. The SMILES string of the molecule is O=C(Cn1nnc2ccccc21)Oc1ccc(Cl)cc1Br. The highest BCUT2D eigenvalue weighted by Crippen LogP contribution is 2.28. The highest BCUT2D eigenvalue weighted by molar-refractivity contribution is 9.10. The summed E-state index contributed by atoms with van der Waals surface area (Å²) in [6.07, 6.45) is 0. The predicted octanol–water partition coefficient (Wildman–Crippen LogP) is 3.45. The number of fused-ring (bicyclic) bond motifs is 1. The van der Waals surface area contributed by atoms with Gasteiger partial charge in [0.15, 0.2) is 0 Å². The predicted molar refractivity (Wildman–Crippen MR) is 82.3 cm³/mol. The zero-order valence-electron chi connectivity index (χ0n) is 10.7. The van der Waals surface area contributed by atoms with E-state index in [9.17, 15) is 4.79 Å². The lowest BCUT2D eigenvalue weighted by atomic mass is 10.3. The molecule has 3 rings (SSSR count). The standard InChI is InChI=1S/C14H9BrClN3O2/c15-10-7-9(16)5-6-13(10)21-14(20)8-19-12-4-2-1-3-11(12)17-18-19/h1-7H,8H2. The van der Waals surface area contributed by atoms with Gasteiger partial charge in [-0.05, 0) is 46.3 Å². The maximum atomic E-state index is 12.0. The first-order valence-corrected chi connectivity index (χ1v) is 7.24. The van der Waals surface area contributed by atoms with Crippen LogP contribution in [0.1, 0.15) is 0 Å². The normalized spacial score (nSPS) is 10.8. The number of hydrogen-bond acceptors (Lipinski definition) is 4. The number of nitrogens with zero attached hydrogens (tertiary/aromatic N) is 3. The lowest BCUT2D eigenvalue weighted by Crippen LogP contribution is -2.17. The number of benzene rings is 2. The molecule has 3 aromatic rings. The van der Waals surface area contributed by atoms with Crippen molar-refractivity contribution in [2.45, 2.75) is 6.54 Å². The van der Waals surface area contributed by atoms with Crippen molar-refractivity contribution < 1.29 is 9.53 Å². The average molecular weight is 367 g/mol. The van der Waals surface area contributed by atoms with E-state index in [1.54, 1.807) is 18.2 Å². The number of carbonyl (C=O) groups excluding carboxylic acids is 1. The molecule has 1 aromatic heterocycles. The highest BCUT2D eigenvalue weighted by Gasteiger charge is 2.12. The van der Waals surface area contributed by atoms with E-state index in [0.29, 0.717) is 15.2 Å². The maximum Gasteiger partial charge on any atom is 0.333 e. The second-order valence-electron chi connectivity index (χ2n) is 4.28. The summed E-state index contributed by atoms with van der Waals surface area (Å²) in [6, 6.07) is 12.4. The third-order valence-electron chi connectivity index (χ3n) is 2.82. The van der Waals surface area contributed by atoms with E-state index < -0.39 is 5.97 Å². The molecule has 7 heteroatoms. The molecule has 0 fully saturated rings. The van der Waals surface area contributed by atoms with E-state index >= 15 is 0 Å². The Kier molecular flexibility index (Phi) is 3.90. The van der Waals surface area contributed by atoms with Crippen LogP contribution in [0.3, 0.4) is 0 Å². The Morgan fingerprint density at radius 2 is 2.10 bits per heavy atom. The van der Waals surface area contributed by atoms with Crippen molar-refractivity contribution in [3.63, 3.8) is 0 Å². The van der Waals surface area contributed by atoms with Gasteiger partial charge in [0.2, 0.25) is 0 Å². The molecule has 0 aliphatic heterocycles. The van der Waals surface area contributed by atoms with Gasteiger partial charge in [0.25, 0.3) is 0 Å². The molecule has 0 saturated carbocycles. The molecule has 0 aliphatic carbocycles. The molecule has 0 radical (unpaired) electrons. The molecular weight excluding hydrogens is 358 g/mol. The summed E-state index contributed by atoms with van der Waals surface area (Å²) < 4.78 is 7.41. The first kappa shape index (κ1) is 14.0. The minimum absolute atomic E-state index is 0.0183. The van der Waals surface area contributed by atoms with Gasteiger partial charge in [0.05, 0.1) is 9.99 Å². The Hall–Kier alpha value is -1.92. The van der Waals surface area contributed by atoms with Crippen LogP contribution in [-0.4, -0.2) is 21.0 Å². The molecule has 0 unspecified atom stereocenters. The van der Waals surface area contributed by atoms with Crippen molar-refractivity contribution in [1.82, 2.24) is 15.0 Å². The molecule has 0 spiro atoms. The zero-order chi connectivity index (χ0) is 14.8. The molecule has 5 nitrogen and oxygen atoms in total. The number of carbonyl (C=O) groups is 1. The van der Waals surface area contributed by atoms with E-state index in [-0.39, 0.29) is 6.54 Å². The van der Waals surface area contributed by atoms with Crippen LogP contribution in [0.25, 0.3) is 11.0 Å². The van der Waals surface area contributed by atoms with Crippen molar-refractivity contribution in [2.75, 3.05) is 0 Å². The molecule has 0 saturated heterocycles. The summed E-state index contributed by atoms with van der Waals surface area (Å²) in [5.74, 6) is -0.0255. The molecule has 1 heterocycles. The maximum absolute atomic E-state index is 12.0. The van der Waals surface area contributed by atoms with Crippen molar-refractivity contribution >= 4 is 44.5 Å². The lowest BCUT2D eigenvalue weighted by molar-refractivity contribution is -0.135. The highest BCUT2D eigenvalue weighted by atomic mass is 79.9. The molecule has 21 heavy (non-hydrogen) atoms. The van der Waals surface area contributed by atoms with Crippen molar-refractivity contribution in [3.8, 4) is 5.75 Å². The summed E-state index contributed by atoms with van der Waals surface area (Å²) in [4.78, 5) is 12.0. The monoisotopic (exact) mass is 365 g/mol. The molecule has 0 atom stereocenters. The number of hydrogen-bond donors (Lipinski definition) is 0. The minimum atomic E-state index is -0.436. The molecule has 2 aromatic carbocycles. The average Bonchev–Trinajstić information content (AvgIpc) is 2.85. The fourth-order valence-electron chi connectivity index (χ4n) is 1.87. The summed E-state index contributed by atoms with van der Waals surface area (Å²) in [6.45, 7) is -0.0183. The fraction of sp³-hybridized carbons (Fsp3) is 0.0714. The Morgan fingerprint density at radius 3 is 2.90 bits per heavy atom. The molecule has 106 valence electrons. The van der Waals surface area contributed by atoms with Crippen LogP contribution in [0.2, 0.25) is 5.02 Å². The van der Waals surface area contributed by atoms with Crippen LogP contribution < -0.4 is 4.74 Å². The fourth-order valence-corrected chi connectivity index (χ4v) is 2.63. The van der Waals surface area contributed by atoms with Gasteiger partial charge in [0.1, 0.15) is 17.8 Å². The van der Waals surface area contributed by atoms with Gasteiger partial charge in [-0.3, -0.25) is 0 Å². The molecule has 0 aliphatic rings. The minimum Gasteiger partial charge on any atom is -0.424 e. The summed E-state index contributed by atoms with van der Waals surface area (Å²) in [7, 11) is 0. The van der Waals surface area contributed by atoms with E-state index in [2.05, 4.69) is 26.2 Å². The van der Waals surface area contributed by atoms with E-state index in [0.717, 1.165) is 11.0 Å². The smallest absolute Gasteiger partial charge is 0.333 e. The summed E-state index contributed by atoms with van der Waals surface area (Å²) in [5, 5.41) is 8.49. The second-order valence-corrected chi connectivity index (χ2v) is 5.58. The number of ether oxygens (including phenoxy) is 1. The number of halogens is 2. The Morgan fingerprint density at radius 1 is 1.29 bits per heavy atom. The third kappa shape index (κ3) is 3.06. The van der Waals surface area contributed by atoms with Crippen molar-refractivity contribution in [1.29, 1.82) is 0 Å². The first-order chi connectivity index (χ1) is 10.1. The third-order valence-corrected chi connectivity index (χ3v) is 3.67. The van der Waals surface area contributed by atoms with Crippen molar-refractivity contribution in [3.05, 3.63) is 52.0 Å². The number of para-hydroxylation sites is 1. The van der Waals surface area contributed by atoms with Crippen LogP contribution >= 0.6 is 27.5 Å². The van der Waals surface area contributed by atoms with Gasteiger partial charge in [-0.15, -0.1) is 5.10 Å². The largest absolute Gasteiger partial charge is 0.424 e. The topological polar surface area (TPSA) is 57.0 Å². The Labute approximate surface area is 133 Å². The molecule has 0 amide bonds. The van der Waals surface area contributed by atoms with Gasteiger partial charge in [-0.25, -0.2) is 9.48 Å². The van der Waals surface area contributed by atoms with Gasteiger partial charge in [-0.2, -0.15) is 0 Å². The zero-order valence-corrected chi connectivity index (χ0v) is 13.0. The van der Waals surface area contributed by atoms with E-state index in [1.165, 1.54) is 4.68 Å². The van der Waals surface area contributed by atoms with E-state index in [1.807, 2.05) is 24.3 Å². The van der Waals surface area contributed by atoms with Gasteiger partial charge in [0, 0.05) is 5.02 Å². The van der Waals surface area contributed by atoms with Crippen LogP contribution in [0.15, 0.2) is 46.9 Å². The molecular formula is C14H9BrClN3O2. The first-order valence-electron chi connectivity index (χ1n) is 6.07. The van der Waals surface area contributed by atoms with Gasteiger partial charge in [-0.1, -0.05) is 28.9 Å². The lowest BCUT2D eigenvalue weighted by Gasteiger charge is -2.07. The Balaban J connectivity index is 1.77. The van der Waals surface area contributed by atoms with Gasteiger partial charge < -0.3 is 4.74 Å².